The molecule has 0 aliphatic carbocycles. The fraction of sp³-hybridized carbons (Fsp3) is 0.250. The Hall–Kier alpha value is -1.87. The van der Waals surface area contributed by atoms with Crippen LogP contribution in [0, 0.1) is 12.7 Å². The second kappa shape index (κ2) is 5.85. The van der Waals surface area contributed by atoms with Crippen LogP contribution in [0.1, 0.15) is 17.2 Å². The topological polar surface area (TPSA) is 29.3 Å². The third-order valence-electron chi connectivity index (χ3n) is 3.32. The summed E-state index contributed by atoms with van der Waals surface area (Å²) in [6.07, 6.45) is 0. The SMILES string of the molecule is Cc1ccccc1C(N)CN(C)c1ccccc1F. The van der Waals surface area contributed by atoms with Crippen molar-refractivity contribution in [1.82, 2.24) is 0 Å². The Morgan fingerprint density at radius 1 is 1.11 bits per heavy atom. The lowest BCUT2D eigenvalue weighted by Crippen LogP contribution is -2.29. The van der Waals surface area contributed by atoms with Gasteiger partial charge in [-0.25, -0.2) is 4.39 Å². The van der Waals surface area contributed by atoms with Gasteiger partial charge in [-0.15, -0.1) is 0 Å². The van der Waals surface area contributed by atoms with Crippen molar-refractivity contribution in [3.05, 3.63) is 65.5 Å². The molecule has 100 valence electrons. The molecular formula is C16H19FN2. The zero-order valence-electron chi connectivity index (χ0n) is 11.3. The molecule has 2 nitrogen and oxygen atoms in total. The molecule has 0 aromatic heterocycles. The molecule has 0 heterocycles. The van der Waals surface area contributed by atoms with Gasteiger partial charge in [0.1, 0.15) is 5.82 Å². The maximum Gasteiger partial charge on any atom is 0.146 e. The van der Waals surface area contributed by atoms with Crippen molar-refractivity contribution in [1.29, 1.82) is 0 Å². The fourth-order valence-corrected chi connectivity index (χ4v) is 2.26. The van der Waals surface area contributed by atoms with Crippen LogP contribution in [0.15, 0.2) is 48.5 Å². The highest BCUT2D eigenvalue weighted by atomic mass is 19.1. The summed E-state index contributed by atoms with van der Waals surface area (Å²) in [6, 6.07) is 14.6. The molecule has 0 aliphatic heterocycles. The van der Waals surface area contributed by atoms with Gasteiger partial charge in [0.2, 0.25) is 0 Å². The Labute approximate surface area is 113 Å². The number of halogens is 1. The Bertz CT molecular complexity index is 504. The number of anilines is 1. The quantitative estimate of drug-likeness (QED) is 0.912. The number of hydrogen-bond donors (Lipinski definition) is 1. The molecule has 0 fully saturated rings. The maximum absolute atomic E-state index is 13.7. The first-order chi connectivity index (χ1) is 9.09. The van der Waals surface area contributed by atoms with Crippen molar-refractivity contribution in [2.75, 3.05) is 18.5 Å². The summed E-state index contributed by atoms with van der Waals surface area (Å²) < 4.78 is 13.7. The average Bonchev–Trinajstić information content (AvgIpc) is 2.39. The number of likely N-dealkylation sites (N-methyl/N-ethyl adjacent to an activating group) is 1. The van der Waals surface area contributed by atoms with Crippen LogP contribution < -0.4 is 10.6 Å². The van der Waals surface area contributed by atoms with E-state index in [-0.39, 0.29) is 11.9 Å². The molecule has 1 unspecified atom stereocenters. The third kappa shape index (κ3) is 3.12. The summed E-state index contributed by atoms with van der Waals surface area (Å²) >= 11 is 0. The standard InChI is InChI=1S/C16H19FN2/c1-12-7-3-4-8-13(12)15(18)11-19(2)16-10-6-5-9-14(16)17/h3-10,15H,11,18H2,1-2H3. The Morgan fingerprint density at radius 3 is 2.42 bits per heavy atom. The van der Waals surface area contributed by atoms with Crippen molar-refractivity contribution < 1.29 is 4.39 Å². The minimum absolute atomic E-state index is 0.134. The zero-order valence-corrected chi connectivity index (χ0v) is 11.3. The van der Waals surface area contributed by atoms with Gasteiger partial charge in [-0.2, -0.15) is 0 Å². The van der Waals surface area contributed by atoms with E-state index in [9.17, 15) is 4.39 Å². The van der Waals surface area contributed by atoms with Crippen LogP contribution in [0.4, 0.5) is 10.1 Å². The van der Waals surface area contributed by atoms with Crippen molar-refractivity contribution in [2.24, 2.45) is 5.73 Å². The second-order valence-corrected chi connectivity index (χ2v) is 4.80. The van der Waals surface area contributed by atoms with Crippen LogP contribution >= 0.6 is 0 Å². The largest absolute Gasteiger partial charge is 0.370 e. The number of rotatable bonds is 4. The molecule has 19 heavy (non-hydrogen) atoms. The molecule has 0 amide bonds. The van der Waals surface area contributed by atoms with Gasteiger partial charge in [0.25, 0.3) is 0 Å². The van der Waals surface area contributed by atoms with Gasteiger partial charge < -0.3 is 10.6 Å². The lowest BCUT2D eigenvalue weighted by atomic mass is 10.0. The number of hydrogen-bond acceptors (Lipinski definition) is 2. The first-order valence-corrected chi connectivity index (χ1v) is 6.36. The fourth-order valence-electron chi connectivity index (χ4n) is 2.26. The van der Waals surface area contributed by atoms with E-state index < -0.39 is 0 Å². The summed E-state index contributed by atoms with van der Waals surface area (Å²) in [4.78, 5) is 1.85. The Balaban J connectivity index is 2.13. The number of benzene rings is 2. The van der Waals surface area contributed by atoms with Gasteiger partial charge in [-0.3, -0.25) is 0 Å². The van der Waals surface area contributed by atoms with E-state index in [1.165, 1.54) is 6.07 Å². The molecule has 0 radical (unpaired) electrons. The van der Waals surface area contributed by atoms with Crippen LogP contribution in [-0.2, 0) is 0 Å². The van der Waals surface area contributed by atoms with Crippen molar-refractivity contribution in [2.45, 2.75) is 13.0 Å². The van der Waals surface area contributed by atoms with Crippen LogP contribution in [-0.4, -0.2) is 13.6 Å². The molecule has 2 N–H and O–H groups in total. The van der Waals surface area contributed by atoms with Crippen LogP contribution in [0.25, 0.3) is 0 Å². The van der Waals surface area contributed by atoms with E-state index in [4.69, 9.17) is 5.73 Å². The summed E-state index contributed by atoms with van der Waals surface area (Å²) in [7, 11) is 1.86. The summed E-state index contributed by atoms with van der Waals surface area (Å²) in [5.41, 5.74) is 9.06. The summed E-state index contributed by atoms with van der Waals surface area (Å²) in [5, 5.41) is 0. The lowest BCUT2D eigenvalue weighted by molar-refractivity contribution is 0.614. The summed E-state index contributed by atoms with van der Waals surface area (Å²) in [5.74, 6) is -0.220. The van der Waals surface area contributed by atoms with Crippen LogP contribution in [0.3, 0.4) is 0 Å². The van der Waals surface area contributed by atoms with E-state index in [1.54, 1.807) is 12.1 Å². The van der Waals surface area contributed by atoms with Crippen LogP contribution in [0.5, 0.6) is 0 Å². The van der Waals surface area contributed by atoms with E-state index in [0.717, 1.165) is 11.1 Å². The first-order valence-electron chi connectivity index (χ1n) is 6.36. The van der Waals surface area contributed by atoms with Crippen LogP contribution in [0.2, 0.25) is 0 Å². The van der Waals surface area contributed by atoms with Gasteiger partial charge in [0, 0.05) is 19.6 Å². The number of aryl methyl sites for hydroxylation is 1. The monoisotopic (exact) mass is 258 g/mol. The van der Waals surface area contributed by atoms with E-state index >= 15 is 0 Å². The maximum atomic E-state index is 13.7. The van der Waals surface area contributed by atoms with E-state index in [2.05, 4.69) is 0 Å². The molecule has 0 saturated heterocycles. The van der Waals surface area contributed by atoms with E-state index in [0.29, 0.717) is 12.2 Å². The predicted molar refractivity (Wildman–Crippen MR) is 77.8 cm³/mol. The molecular weight excluding hydrogens is 239 g/mol. The molecule has 0 bridgehead atoms. The number of nitrogens with two attached hydrogens (primary N) is 1. The van der Waals surface area contributed by atoms with Gasteiger partial charge in [0.05, 0.1) is 5.69 Å². The minimum Gasteiger partial charge on any atom is -0.370 e. The Kier molecular flexibility index (Phi) is 4.17. The zero-order chi connectivity index (χ0) is 13.8. The lowest BCUT2D eigenvalue weighted by Gasteiger charge is -2.24. The number of nitrogens with zero attached hydrogens (tertiary/aromatic N) is 1. The highest BCUT2D eigenvalue weighted by Gasteiger charge is 2.13. The third-order valence-corrected chi connectivity index (χ3v) is 3.32. The van der Waals surface area contributed by atoms with Gasteiger partial charge in [-0.05, 0) is 30.2 Å². The normalized spacial score (nSPS) is 12.2. The van der Waals surface area contributed by atoms with E-state index in [1.807, 2.05) is 49.2 Å². The van der Waals surface area contributed by atoms with Crippen molar-refractivity contribution in [3.8, 4) is 0 Å². The second-order valence-electron chi connectivity index (χ2n) is 4.80. The molecule has 0 saturated carbocycles. The van der Waals surface area contributed by atoms with Gasteiger partial charge >= 0.3 is 0 Å². The minimum atomic E-state index is -0.220. The highest BCUT2D eigenvalue weighted by Crippen LogP contribution is 2.21. The average molecular weight is 258 g/mol. The first kappa shape index (κ1) is 13.6. The highest BCUT2D eigenvalue weighted by molar-refractivity contribution is 5.47. The van der Waals surface area contributed by atoms with Crippen molar-refractivity contribution >= 4 is 5.69 Å². The molecule has 0 aliphatic rings. The number of para-hydroxylation sites is 1. The molecule has 2 rings (SSSR count). The summed E-state index contributed by atoms with van der Waals surface area (Å²) in [6.45, 7) is 2.62. The molecule has 2 aromatic rings. The smallest absolute Gasteiger partial charge is 0.146 e. The predicted octanol–water partition coefficient (Wildman–Crippen LogP) is 3.27. The van der Waals surface area contributed by atoms with Gasteiger partial charge in [0.15, 0.2) is 0 Å². The van der Waals surface area contributed by atoms with Gasteiger partial charge in [-0.1, -0.05) is 36.4 Å². The molecule has 3 heteroatoms. The van der Waals surface area contributed by atoms with Crippen molar-refractivity contribution in [3.63, 3.8) is 0 Å². The molecule has 2 aromatic carbocycles. The molecule has 1 atom stereocenters. The Morgan fingerprint density at radius 2 is 1.74 bits per heavy atom. The molecule has 0 spiro atoms.